The van der Waals surface area contributed by atoms with Crippen LogP contribution in [0.4, 0.5) is 0 Å². The summed E-state index contributed by atoms with van der Waals surface area (Å²) in [5.74, 6) is -1.93. The van der Waals surface area contributed by atoms with Gasteiger partial charge in [-0.3, -0.25) is 9.59 Å². The van der Waals surface area contributed by atoms with Gasteiger partial charge in [-0.15, -0.1) is 0 Å². The summed E-state index contributed by atoms with van der Waals surface area (Å²) in [7, 11) is 0. The lowest BCUT2D eigenvalue weighted by molar-refractivity contribution is -0.138. The molecule has 4 N–H and O–H groups in total. The molecule has 0 atom stereocenters. The molecule has 3 aromatic rings. The van der Waals surface area contributed by atoms with Gasteiger partial charge in [0.15, 0.2) is 0 Å². The van der Waals surface area contributed by atoms with E-state index in [-0.39, 0.29) is 60.3 Å². The molecule has 0 saturated heterocycles. The Hall–Kier alpha value is -4.98. The van der Waals surface area contributed by atoms with E-state index in [2.05, 4.69) is 9.97 Å². The number of rotatable bonds is 8. The molecule has 0 spiro atoms. The molecule has 5 heterocycles. The first kappa shape index (κ1) is 21.7. The van der Waals surface area contributed by atoms with Crippen LogP contribution in [0.3, 0.4) is 0 Å². The fraction of sp³-hybridized carbons (Fsp3) is 0.235. The fourth-order valence-corrected chi connectivity index (χ4v) is 5.53. The smallest absolute Gasteiger partial charge is 0.303 e. The van der Waals surface area contributed by atoms with Crippen molar-refractivity contribution in [3.05, 3.63) is 94.5 Å². The topological polar surface area (TPSA) is 132 Å². The maximum atomic E-state index is 11.6. The highest BCUT2D eigenvalue weighted by atomic mass is 16.4. The number of carboxylic acids is 2. The number of aryl methyl sites for hydroxylation is 4. The lowest BCUT2D eigenvalue weighted by Crippen LogP contribution is -1.98. The van der Waals surface area contributed by atoms with Crippen LogP contribution in [0.5, 0.6) is 0 Å². The van der Waals surface area contributed by atoms with Crippen LogP contribution >= 0.6 is 0 Å². The third kappa shape index (κ3) is 5.11. The number of aromatic nitrogens is 4. The van der Waals surface area contributed by atoms with Gasteiger partial charge < -0.3 is 20.2 Å². The van der Waals surface area contributed by atoms with Gasteiger partial charge in [0, 0.05) is 46.1 Å². The van der Waals surface area contributed by atoms with E-state index in [9.17, 15) is 19.8 Å². The van der Waals surface area contributed by atoms with Crippen molar-refractivity contribution in [1.82, 2.24) is 19.9 Å². The first-order valence-corrected chi connectivity index (χ1v) is 13.5. The first-order chi connectivity index (χ1) is 22.6. The molecular formula is C34H34N4O4. The van der Waals surface area contributed by atoms with Crippen molar-refractivity contribution < 1.29 is 28.0 Å². The molecule has 0 aliphatic carbocycles. The van der Waals surface area contributed by atoms with Crippen LogP contribution in [-0.4, -0.2) is 42.1 Å². The van der Waals surface area contributed by atoms with Crippen molar-refractivity contribution in [2.75, 3.05) is 0 Å². The number of aliphatic carboxylic acids is 2. The Balaban J connectivity index is 2.01. The Morgan fingerprint density at radius 1 is 0.738 bits per heavy atom. The predicted octanol–water partition coefficient (Wildman–Crippen LogP) is 7.20. The third-order valence-electron chi connectivity index (χ3n) is 7.97. The van der Waals surface area contributed by atoms with Crippen molar-refractivity contribution in [2.24, 2.45) is 0 Å². The Labute approximate surface area is 252 Å². The number of carbonyl (C=O) groups is 2. The zero-order valence-corrected chi connectivity index (χ0v) is 23.7. The molecule has 2 aliphatic heterocycles. The molecule has 0 unspecified atom stereocenters. The van der Waals surface area contributed by atoms with Crippen molar-refractivity contribution in [1.29, 1.82) is 0 Å². The zero-order valence-electron chi connectivity index (χ0n) is 29.7. The Kier molecular flexibility index (Phi) is 5.75. The number of hydrogen-bond acceptors (Lipinski definition) is 4. The maximum Gasteiger partial charge on any atom is 0.303 e. The lowest BCUT2D eigenvalue weighted by Gasteiger charge is -2.00. The van der Waals surface area contributed by atoms with E-state index in [4.69, 9.17) is 18.2 Å². The Bertz CT molecular complexity index is 2200. The zero-order chi connectivity index (χ0) is 35.2. The molecule has 2 aliphatic rings. The van der Waals surface area contributed by atoms with E-state index in [0.29, 0.717) is 44.6 Å². The number of allylic oxidation sites excluding steroid dienone is 6. The monoisotopic (exact) mass is 568 g/mol. The van der Waals surface area contributed by atoms with Crippen LogP contribution in [0.15, 0.2) is 49.4 Å². The van der Waals surface area contributed by atoms with E-state index >= 15 is 0 Å². The van der Waals surface area contributed by atoms with Gasteiger partial charge in [-0.05, 0) is 98.2 Å². The van der Waals surface area contributed by atoms with Crippen molar-refractivity contribution >= 4 is 56.3 Å². The summed E-state index contributed by atoms with van der Waals surface area (Å²) in [5, 5.41) is 19.0. The third-order valence-corrected chi connectivity index (χ3v) is 7.97. The summed E-state index contributed by atoms with van der Waals surface area (Å²) in [6.07, 6.45) is 0.148. The summed E-state index contributed by atoms with van der Waals surface area (Å²) < 4.78 is 48.7. The number of fused-ring (bicyclic) bond motifs is 8. The summed E-state index contributed by atoms with van der Waals surface area (Å²) in [5.41, 5.74) is 8.33. The van der Waals surface area contributed by atoms with E-state index in [1.54, 1.807) is 32.0 Å². The lowest BCUT2D eigenvalue weighted by atomic mass is 10.0. The second kappa shape index (κ2) is 11.1. The number of aromatic amines is 2. The van der Waals surface area contributed by atoms with E-state index < -0.39 is 25.0 Å². The molecule has 0 saturated carbocycles. The van der Waals surface area contributed by atoms with E-state index in [0.717, 1.165) is 22.3 Å². The highest BCUT2D eigenvalue weighted by molar-refractivity contribution is 5.99. The van der Waals surface area contributed by atoms with Gasteiger partial charge in [-0.1, -0.05) is 25.2 Å². The van der Waals surface area contributed by atoms with E-state index in [1.807, 2.05) is 19.9 Å². The normalized spacial score (nSPS) is 14.9. The molecule has 0 fully saturated rings. The molecule has 214 valence electrons. The minimum atomic E-state index is -0.969. The van der Waals surface area contributed by atoms with Gasteiger partial charge in [-0.25, -0.2) is 9.97 Å². The summed E-state index contributed by atoms with van der Waals surface area (Å²) in [6.45, 7) is 5.72. The molecule has 5 rings (SSSR count). The van der Waals surface area contributed by atoms with Crippen molar-refractivity contribution in [3.8, 4) is 0 Å². The highest BCUT2D eigenvalue weighted by Crippen LogP contribution is 2.36. The fourth-order valence-electron chi connectivity index (χ4n) is 5.53. The summed E-state index contributed by atoms with van der Waals surface area (Å²) in [4.78, 5) is 39.5. The second-order valence-electron chi connectivity index (χ2n) is 10.5. The Morgan fingerprint density at radius 3 is 1.62 bits per heavy atom. The van der Waals surface area contributed by atoms with Crippen LogP contribution in [0.1, 0.15) is 79.9 Å². The van der Waals surface area contributed by atoms with Gasteiger partial charge >= 0.3 is 11.9 Å². The molecule has 8 heteroatoms. The molecule has 3 aromatic heterocycles. The first-order valence-electron chi connectivity index (χ1n) is 16.5. The molecule has 0 amide bonds. The largest absolute Gasteiger partial charge is 0.481 e. The average Bonchev–Trinajstić information content (AvgIpc) is 3.67. The molecule has 0 radical (unpaired) electrons. The van der Waals surface area contributed by atoms with Crippen molar-refractivity contribution in [2.45, 2.75) is 53.4 Å². The predicted molar refractivity (Wildman–Crippen MR) is 168 cm³/mol. The number of nitrogens with zero attached hydrogens (tertiary/aromatic N) is 2. The summed E-state index contributed by atoms with van der Waals surface area (Å²) in [6, 6.07) is 6.17. The number of hydrogen-bond donors (Lipinski definition) is 4. The number of H-pyrrole nitrogens is 2. The second-order valence-corrected chi connectivity index (χ2v) is 10.5. The summed E-state index contributed by atoms with van der Waals surface area (Å²) >= 11 is 0. The standard InChI is InChI=1S/C34H34N4O4/c1-7-21-17(3)25-13-26-19(5)23(9-11-33(39)40)31(37-26)16-32-24(10-12-34(41)42)20(6)28(38-32)15-30-22(8-2)18(4)27(36-30)14-29(21)35-25/h7-8,13-16,37-38H,1-2,9-12H2,3-6H3,(H,39,40)(H,41,42)/i1D2,2D2,7D,8D. The number of nitrogens with one attached hydrogen (secondary N) is 2. The number of carboxylic acid groups (broad SMARTS) is 2. The minimum absolute atomic E-state index is 0.128. The highest BCUT2D eigenvalue weighted by Gasteiger charge is 2.20. The molecular weight excluding hydrogens is 528 g/mol. The van der Waals surface area contributed by atoms with Crippen LogP contribution in [0, 0.1) is 13.8 Å². The quantitative estimate of drug-likeness (QED) is 0.227. The van der Waals surface area contributed by atoms with Crippen molar-refractivity contribution in [3.63, 3.8) is 0 Å². The Morgan fingerprint density at radius 2 is 1.17 bits per heavy atom. The van der Waals surface area contributed by atoms with Gasteiger partial charge in [0.1, 0.15) is 0 Å². The molecule has 0 aromatic carbocycles. The minimum Gasteiger partial charge on any atom is -0.481 e. The van der Waals surface area contributed by atoms with Crippen LogP contribution in [-0.2, 0) is 22.4 Å². The van der Waals surface area contributed by atoms with Gasteiger partial charge in [0.25, 0.3) is 0 Å². The molecule has 8 nitrogen and oxygen atoms in total. The van der Waals surface area contributed by atoms with Crippen LogP contribution < -0.4 is 0 Å². The molecule has 8 bridgehead atoms. The van der Waals surface area contributed by atoms with Gasteiger partial charge in [0.05, 0.1) is 31.0 Å². The van der Waals surface area contributed by atoms with Gasteiger partial charge in [-0.2, -0.15) is 0 Å². The average molecular weight is 569 g/mol. The van der Waals surface area contributed by atoms with E-state index in [1.165, 1.54) is 0 Å². The van der Waals surface area contributed by atoms with Gasteiger partial charge in [0.2, 0.25) is 0 Å². The maximum absolute atomic E-state index is 11.6. The van der Waals surface area contributed by atoms with Crippen LogP contribution in [0.25, 0.3) is 44.4 Å². The SMILES string of the molecule is [2H]C([2H])=C([2H])C1=C(C)c2cc3[nH]c(cc4[nH]c(cc5nc(cc1n2)C(C)=C5C([2H])=C([2H])[2H])c(C)c4CCC(=O)O)c(CCC(=O)O)c3C. The van der Waals surface area contributed by atoms with Crippen LogP contribution in [0.2, 0.25) is 0 Å². The molecule has 42 heavy (non-hydrogen) atoms.